The van der Waals surface area contributed by atoms with Gasteiger partial charge in [-0.2, -0.15) is 4.98 Å². The summed E-state index contributed by atoms with van der Waals surface area (Å²) in [4.78, 5) is 33.9. The van der Waals surface area contributed by atoms with Gasteiger partial charge in [0, 0.05) is 56.1 Å². The molecule has 8 nitrogen and oxygen atoms in total. The minimum atomic E-state index is -0.508. The minimum Gasteiger partial charge on any atom is -0.460 e. The number of rotatable bonds is 6. The lowest BCUT2D eigenvalue weighted by molar-refractivity contribution is -0.153. The van der Waals surface area contributed by atoms with Gasteiger partial charge in [0.05, 0.1) is 12.1 Å². The number of pyridine rings is 1. The first kappa shape index (κ1) is 28.8. The number of nitrogens with zero attached hydrogens (tertiary/aromatic N) is 6. The second-order valence-corrected chi connectivity index (χ2v) is 12.3. The monoisotopic (exact) mass is 560 g/mol. The van der Waals surface area contributed by atoms with Crippen molar-refractivity contribution in [2.45, 2.75) is 78.5 Å². The Bertz CT molecular complexity index is 1390. The third kappa shape index (κ3) is 6.77. The van der Waals surface area contributed by atoms with Gasteiger partial charge in [0.1, 0.15) is 23.1 Å². The van der Waals surface area contributed by atoms with Crippen LogP contribution >= 0.6 is 0 Å². The number of aromatic nitrogens is 3. The van der Waals surface area contributed by atoms with Crippen LogP contribution in [0.2, 0.25) is 0 Å². The van der Waals surface area contributed by atoms with E-state index >= 15 is 0 Å². The van der Waals surface area contributed by atoms with E-state index in [1.165, 1.54) is 12.1 Å². The Morgan fingerprint density at radius 1 is 1.02 bits per heavy atom. The molecule has 2 atom stereocenters. The summed E-state index contributed by atoms with van der Waals surface area (Å²) in [5.41, 5.74) is 3.06. The first-order valence-corrected chi connectivity index (χ1v) is 14.6. The molecular formula is C32H41FN6O2. The van der Waals surface area contributed by atoms with Crippen LogP contribution in [-0.2, 0) is 16.0 Å². The highest BCUT2D eigenvalue weighted by molar-refractivity contribution is 5.73. The number of anilines is 3. The maximum absolute atomic E-state index is 13.7. The van der Waals surface area contributed by atoms with Crippen LogP contribution in [-0.4, -0.2) is 64.8 Å². The van der Waals surface area contributed by atoms with Gasteiger partial charge in [-0.3, -0.25) is 4.79 Å². The highest BCUT2D eigenvalue weighted by Gasteiger charge is 2.29. The summed E-state index contributed by atoms with van der Waals surface area (Å²) in [6.07, 6.45) is 4.24. The van der Waals surface area contributed by atoms with Crippen LogP contribution < -0.4 is 14.7 Å². The van der Waals surface area contributed by atoms with Crippen molar-refractivity contribution in [2.75, 3.05) is 40.9 Å². The lowest BCUT2D eigenvalue weighted by atomic mass is 10.1. The number of ether oxygens (including phenoxy) is 1. The molecule has 2 fully saturated rings. The molecule has 0 saturated carbocycles. The van der Waals surface area contributed by atoms with E-state index in [1.54, 1.807) is 18.3 Å². The molecule has 4 heterocycles. The third-order valence-electron chi connectivity index (χ3n) is 7.75. The minimum absolute atomic E-state index is 0.172. The van der Waals surface area contributed by atoms with E-state index in [9.17, 15) is 9.18 Å². The molecule has 3 aromatic rings. The SMILES string of the molecule is Cc1cc(CC(=O)OC(C)(C)C)cnc1N1CCN(c2cc(-c3ccc(F)cc3)nc(N3CCC[C@H]3C)n2)[C@H](C)C1. The smallest absolute Gasteiger partial charge is 0.310 e. The largest absolute Gasteiger partial charge is 0.460 e. The lowest BCUT2D eigenvalue weighted by Crippen LogP contribution is -2.53. The summed E-state index contributed by atoms with van der Waals surface area (Å²) in [6.45, 7) is 15.4. The maximum Gasteiger partial charge on any atom is 0.310 e. The Morgan fingerprint density at radius 3 is 2.41 bits per heavy atom. The first-order valence-electron chi connectivity index (χ1n) is 14.6. The average molecular weight is 561 g/mol. The summed E-state index contributed by atoms with van der Waals surface area (Å²) in [7, 11) is 0. The van der Waals surface area contributed by atoms with Crippen LogP contribution in [0.25, 0.3) is 11.3 Å². The fraction of sp³-hybridized carbons (Fsp3) is 0.500. The molecular weight excluding hydrogens is 519 g/mol. The molecule has 0 N–H and O–H groups in total. The summed E-state index contributed by atoms with van der Waals surface area (Å²) >= 11 is 0. The van der Waals surface area contributed by atoms with Crippen LogP contribution in [0, 0.1) is 12.7 Å². The van der Waals surface area contributed by atoms with E-state index in [0.29, 0.717) is 6.04 Å². The summed E-state index contributed by atoms with van der Waals surface area (Å²) in [5, 5.41) is 0. The number of carbonyl (C=O) groups is 1. The number of hydrogen-bond donors (Lipinski definition) is 0. The second kappa shape index (κ2) is 11.6. The highest BCUT2D eigenvalue weighted by atomic mass is 19.1. The molecule has 5 rings (SSSR count). The Kier molecular flexibility index (Phi) is 8.16. The van der Waals surface area contributed by atoms with Crippen LogP contribution in [0.15, 0.2) is 42.6 Å². The Balaban J connectivity index is 1.35. The molecule has 41 heavy (non-hydrogen) atoms. The number of hydrogen-bond acceptors (Lipinski definition) is 8. The number of carbonyl (C=O) groups excluding carboxylic acids is 1. The molecule has 218 valence electrons. The predicted octanol–water partition coefficient (Wildman–Crippen LogP) is 5.57. The summed E-state index contributed by atoms with van der Waals surface area (Å²) < 4.78 is 19.1. The molecule has 0 radical (unpaired) electrons. The molecule has 0 amide bonds. The maximum atomic E-state index is 13.7. The zero-order chi connectivity index (χ0) is 29.3. The number of benzene rings is 1. The van der Waals surface area contributed by atoms with E-state index in [4.69, 9.17) is 19.7 Å². The van der Waals surface area contributed by atoms with Crippen LogP contribution in [0.5, 0.6) is 0 Å². The summed E-state index contributed by atoms with van der Waals surface area (Å²) in [6, 6.07) is 11.1. The fourth-order valence-corrected chi connectivity index (χ4v) is 5.78. The zero-order valence-corrected chi connectivity index (χ0v) is 25.0. The fourth-order valence-electron chi connectivity index (χ4n) is 5.78. The van der Waals surface area contributed by atoms with Crippen molar-refractivity contribution in [3.63, 3.8) is 0 Å². The van der Waals surface area contributed by atoms with Gasteiger partial charge in [0.25, 0.3) is 0 Å². The quantitative estimate of drug-likeness (QED) is 0.362. The van der Waals surface area contributed by atoms with Crippen LogP contribution in [0.1, 0.15) is 58.6 Å². The Labute approximate surface area is 242 Å². The number of esters is 1. The molecule has 2 aliphatic rings. The van der Waals surface area contributed by atoms with Crippen LogP contribution in [0.3, 0.4) is 0 Å². The zero-order valence-electron chi connectivity index (χ0n) is 25.0. The van der Waals surface area contributed by atoms with Crippen molar-refractivity contribution >= 4 is 23.6 Å². The van der Waals surface area contributed by atoms with Crippen molar-refractivity contribution in [1.82, 2.24) is 15.0 Å². The van der Waals surface area contributed by atoms with Gasteiger partial charge in [-0.05, 0) is 89.8 Å². The van der Waals surface area contributed by atoms with Crippen molar-refractivity contribution in [3.05, 3.63) is 59.5 Å². The van der Waals surface area contributed by atoms with Gasteiger partial charge in [-0.15, -0.1) is 0 Å². The Morgan fingerprint density at radius 2 is 1.78 bits per heavy atom. The molecule has 0 spiro atoms. The summed E-state index contributed by atoms with van der Waals surface area (Å²) in [5.74, 6) is 2.05. The molecule has 0 bridgehead atoms. The van der Waals surface area contributed by atoms with E-state index in [-0.39, 0.29) is 24.2 Å². The van der Waals surface area contributed by atoms with Crippen molar-refractivity contribution in [1.29, 1.82) is 0 Å². The lowest BCUT2D eigenvalue weighted by Gasteiger charge is -2.41. The Hall–Kier alpha value is -3.75. The highest BCUT2D eigenvalue weighted by Crippen LogP contribution is 2.31. The van der Waals surface area contributed by atoms with Crippen molar-refractivity contribution < 1.29 is 13.9 Å². The van der Waals surface area contributed by atoms with Crippen LogP contribution in [0.4, 0.5) is 22.0 Å². The van der Waals surface area contributed by atoms with Gasteiger partial charge in [-0.25, -0.2) is 14.4 Å². The van der Waals surface area contributed by atoms with E-state index in [1.807, 2.05) is 39.8 Å². The normalized spacial score (nSPS) is 19.5. The van der Waals surface area contributed by atoms with E-state index in [0.717, 1.165) is 79.0 Å². The number of aryl methyl sites for hydroxylation is 1. The van der Waals surface area contributed by atoms with E-state index in [2.05, 4.69) is 28.5 Å². The van der Waals surface area contributed by atoms with Gasteiger partial charge in [0.2, 0.25) is 5.95 Å². The molecule has 2 aromatic heterocycles. The topological polar surface area (TPSA) is 74.7 Å². The first-order chi connectivity index (χ1) is 19.5. The molecule has 2 aliphatic heterocycles. The molecule has 2 saturated heterocycles. The van der Waals surface area contributed by atoms with E-state index < -0.39 is 5.60 Å². The second-order valence-electron chi connectivity index (χ2n) is 12.3. The third-order valence-corrected chi connectivity index (χ3v) is 7.75. The molecule has 1 aromatic carbocycles. The average Bonchev–Trinajstić information content (AvgIpc) is 3.33. The van der Waals surface area contributed by atoms with Gasteiger partial charge >= 0.3 is 5.97 Å². The number of piperazine rings is 1. The molecule has 0 aliphatic carbocycles. The standard InChI is InChI=1S/C32H41FN6O2/c1-21-16-24(17-29(40)41-32(4,5)6)19-34-30(21)37-14-15-38(23(3)20-37)28-18-27(25-9-11-26(33)12-10-25)35-31(36-28)39-13-7-8-22(39)2/h9-12,16,18-19,22-23H,7-8,13-15,17,20H2,1-6H3/t22-,23-/m1/s1. The van der Waals surface area contributed by atoms with Gasteiger partial charge < -0.3 is 19.4 Å². The van der Waals surface area contributed by atoms with Crippen molar-refractivity contribution in [2.24, 2.45) is 0 Å². The number of halogens is 1. The molecule has 0 unspecified atom stereocenters. The predicted molar refractivity (Wildman–Crippen MR) is 161 cm³/mol. The molecule has 9 heteroatoms. The van der Waals surface area contributed by atoms with Gasteiger partial charge in [0.15, 0.2) is 0 Å². The van der Waals surface area contributed by atoms with Crippen molar-refractivity contribution in [3.8, 4) is 11.3 Å². The van der Waals surface area contributed by atoms with Gasteiger partial charge in [-0.1, -0.05) is 6.07 Å².